The van der Waals surface area contributed by atoms with Gasteiger partial charge in [0.25, 0.3) is 0 Å². The summed E-state index contributed by atoms with van der Waals surface area (Å²) in [6.45, 7) is 2.54. The van der Waals surface area contributed by atoms with Crippen LogP contribution in [0.15, 0.2) is 47.4 Å². The van der Waals surface area contributed by atoms with Crippen LogP contribution in [0, 0.1) is 0 Å². The highest BCUT2D eigenvalue weighted by Gasteiger charge is 2.24. The molecule has 1 amide bonds. The van der Waals surface area contributed by atoms with E-state index in [1.165, 1.54) is 37.3 Å². The van der Waals surface area contributed by atoms with E-state index in [1.54, 1.807) is 30.3 Å². The molecule has 0 fully saturated rings. The lowest BCUT2D eigenvalue weighted by Crippen LogP contribution is -2.40. The van der Waals surface area contributed by atoms with Crippen molar-refractivity contribution in [3.05, 3.63) is 52.2 Å². The van der Waals surface area contributed by atoms with Crippen molar-refractivity contribution in [2.45, 2.75) is 31.3 Å². The molecule has 0 spiro atoms. The summed E-state index contributed by atoms with van der Waals surface area (Å²) in [4.78, 5) is 36.3. The van der Waals surface area contributed by atoms with Gasteiger partial charge in [-0.25, -0.2) is 8.42 Å². The van der Waals surface area contributed by atoms with Gasteiger partial charge in [-0.15, -0.1) is 11.3 Å². The summed E-state index contributed by atoms with van der Waals surface area (Å²) >= 11 is 1.18. The Bertz CT molecular complexity index is 953. The van der Waals surface area contributed by atoms with Crippen molar-refractivity contribution in [2.75, 3.05) is 6.61 Å². The number of benzene rings is 1. The van der Waals surface area contributed by atoms with Gasteiger partial charge < -0.3 is 10.1 Å². The highest BCUT2D eigenvalue weighted by molar-refractivity contribution is 7.89. The van der Waals surface area contributed by atoms with Crippen LogP contribution in [-0.4, -0.2) is 38.7 Å². The van der Waals surface area contributed by atoms with Gasteiger partial charge in [0.05, 0.1) is 16.3 Å². The molecule has 0 saturated heterocycles. The molecule has 0 bridgehead atoms. The fraction of sp³-hybridized carbons (Fsp3) is 0.278. The van der Waals surface area contributed by atoms with E-state index in [0.29, 0.717) is 11.4 Å². The lowest BCUT2D eigenvalue weighted by Gasteiger charge is -2.13. The Balaban J connectivity index is 1.87. The maximum Gasteiger partial charge on any atom is 0.324 e. The number of esters is 1. The van der Waals surface area contributed by atoms with E-state index in [9.17, 15) is 22.8 Å². The van der Waals surface area contributed by atoms with E-state index in [1.807, 2.05) is 0 Å². The maximum atomic E-state index is 12.2. The third kappa shape index (κ3) is 6.25. The largest absolute Gasteiger partial charge is 0.456 e. The molecule has 0 unspecified atom stereocenters. The molecule has 0 saturated carbocycles. The quantitative estimate of drug-likeness (QED) is 0.465. The number of rotatable bonds is 9. The monoisotopic (exact) mass is 424 g/mol. The lowest BCUT2D eigenvalue weighted by molar-refractivity contribution is -0.144. The molecule has 10 heteroatoms. The molecular weight excluding hydrogens is 404 g/mol. The second kappa shape index (κ2) is 9.58. The molecule has 28 heavy (non-hydrogen) atoms. The van der Waals surface area contributed by atoms with Crippen molar-refractivity contribution in [1.82, 2.24) is 10.0 Å². The Labute approximate surface area is 167 Å². The first-order chi connectivity index (χ1) is 13.2. The summed E-state index contributed by atoms with van der Waals surface area (Å²) < 4.78 is 31.6. The van der Waals surface area contributed by atoms with Crippen molar-refractivity contribution in [3.8, 4) is 0 Å². The summed E-state index contributed by atoms with van der Waals surface area (Å²) in [5.41, 5.74) is 0. The number of Topliss-reactive ketones (excluding diaryl/α,β-unsaturated/α-hetero) is 1. The molecule has 1 heterocycles. The number of carbonyl (C=O) groups excluding carboxylic acids is 3. The van der Waals surface area contributed by atoms with E-state index in [0.717, 1.165) is 4.88 Å². The molecule has 150 valence electrons. The first-order valence-electron chi connectivity index (χ1n) is 8.29. The van der Waals surface area contributed by atoms with Gasteiger partial charge in [0, 0.05) is 11.8 Å². The number of thiophene rings is 1. The Morgan fingerprint density at radius 1 is 1.11 bits per heavy atom. The van der Waals surface area contributed by atoms with Crippen molar-refractivity contribution in [3.63, 3.8) is 0 Å². The molecule has 8 nitrogen and oxygen atoms in total. The average Bonchev–Trinajstić information content (AvgIpc) is 3.13. The summed E-state index contributed by atoms with van der Waals surface area (Å²) in [6.07, 6.45) is 0. The van der Waals surface area contributed by atoms with Gasteiger partial charge in [0.2, 0.25) is 21.7 Å². The second-order valence-corrected chi connectivity index (χ2v) is 8.74. The Morgan fingerprint density at radius 2 is 1.79 bits per heavy atom. The lowest BCUT2D eigenvalue weighted by atomic mass is 10.3. The van der Waals surface area contributed by atoms with E-state index < -0.39 is 34.4 Å². The third-order valence-corrected chi connectivity index (χ3v) is 6.22. The smallest absolute Gasteiger partial charge is 0.324 e. The van der Waals surface area contributed by atoms with Gasteiger partial charge in [0.1, 0.15) is 6.04 Å². The number of amides is 1. The molecule has 1 atom stereocenters. The predicted molar refractivity (Wildman–Crippen MR) is 103 cm³/mol. The SMILES string of the molecule is CC(=O)NCc1ccc(C(=O)COC(=O)[C@H](C)NS(=O)(=O)c2ccccc2)s1. The zero-order valence-electron chi connectivity index (χ0n) is 15.3. The first-order valence-corrected chi connectivity index (χ1v) is 10.6. The maximum absolute atomic E-state index is 12.2. The van der Waals surface area contributed by atoms with Crippen molar-refractivity contribution < 1.29 is 27.5 Å². The summed E-state index contributed by atoms with van der Waals surface area (Å²) in [6, 6.07) is 9.74. The summed E-state index contributed by atoms with van der Waals surface area (Å²) in [5.74, 6) is -1.45. The second-order valence-electron chi connectivity index (χ2n) is 5.86. The Morgan fingerprint density at radius 3 is 2.43 bits per heavy atom. The molecule has 0 aliphatic rings. The minimum absolute atomic E-state index is 0.0241. The standard InChI is InChI=1S/C18H20N2O6S2/c1-12(20-28(24,25)15-6-4-3-5-7-15)18(23)26-11-16(22)17-9-8-14(27-17)10-19-13(2)21/h3-9,12,20H,10-11H2,1-2H3,(H,19,21)/t12-/m0/s1. The van der Waals surface area contributed by atoms with Crippen molar-refractivity contribution in [2.24, 2.45) is 0 Å². The van der Waals surface area contributed by atoms with Crippen LogP contribution in [-0.2, 0) is 30.9 Å². The highest BCUT2D eigenvalue weighted by Crippen LogP contribution is 2.17. The number of hydrogen-bond donors (Lipinski definition) is 2. The van der Waals surface area contributed by atoms with Gasteiger partial charge in [-0.1, -0.05) is 18.2 Å². The minimum atomic E-state index is -3.87. The average molecular weight is 425 g/mol. The van der Waals surface area contributed by atoms with E-state index in [2.05, 4.69) is 10.0 Å². The molecule has 1 aromatic carbocycles. The fourth-order valence-corrected chi connectivity index (χ4v) is 4.20. The van der Waals surface area contributed by atoms with Crippen molar-refractivity contribution >= 4 is 39.0 Å². The predicted octanol–water partition coefficient (Wildman–Crippen LogP) is 1.48. The van der Waals surface area contributed by atoms with E-state index in [4.69, 9.17) is 4.74 Å². The van der Waals surface area contributed by atoms with Gasteiger partial charge in [-0.3, -0.25) is 14.4 Å². The van der Waals surface area contributed by atoms with E-state index in [-0.39, 0.29) is 10.8 Å². The van der Waals surface area contributed by atoms with Gasteiger partial charge in [0.15, 0.2) is 6.61 Å². The van der Waals surface area contributed by atoms with Crippen LogP contribution in [0.4, 0.5) is 0 Å². The van der Waals surface area contributed by atoms with Gasteiger partial charge >= 0.3 is 5.97 Å². The third-order valence-electron chi connectivity index (χ3n) is 3.53. The Hall–Kier alpha value is -2.56. The van der Waals surface area contributed by atoms with Crippen LogP contribution in [0.5, 0.6) is 0 Å². The van der Waals surface area contributed by atoms with Gasteiger partial charge in [-0.05, 0) is 31.2 Å². The number of hydrogen-bond acceptors (Lipinski definition) is 7. The number of carbonyl (C=O) groups is 3. The zero-order chi connectivity index (χ0) is 20.7. The van der Waals surface area contributed by atoms with Crippen LogP contribution >= 0.6 is 11.3 Å². The van der Waals surface area contributed by atoms with Gasteiger partial charge in [-0.2, -0.15) is 4.72 Å². The topological polar surface area (TPSA) is 119 Å². The molecule has 1 aromatic heterocycles. The molecule has 0 aliphatic heterocycles. The normalized spacial score (nSPS) is 12.2. The molecule has 2 aromatic rings. The summed E-state index contributed by atoms with van der Waals surface area (Å²) in [7, 11) is -3.87. The number of ether oxygens (including phenoxy) is 1. The van der Waals surface area contributed by atoms with Crippen LogP contribution < -0.4 is 10.0 Å². The number of sulfonamides is 1. The highest BCUT2D eigenvalue weighted by atomic mass is 32.2. The molecule has 0 aliphatic carbocycles. The number of nitrogens with one attached hydrogen (secondary N) is 2. The zero-order valence-corrected chi connectivity index (χ0v) is 16.9. The number of ketones is 1. The molecule has 2 N–H and O–H groups in total. The van der Waals surface area contributed by atoms with Crippen LogP contribution in [0.25, 0.3) is 0 Å². The van der Waals surface area contributed by atoms with Crippen LogP contribution in [0.3, 0.4) is 0 Å². The van der Waals surface area contributed by atoms with Crippen LogP contribution in [0.2, 0.25) is 0 Å². The fourth-order valence-electron chi connectivity index (χ4n) is 2.12. The van der Waals surface area contributed by atoms with Crippen molar-refractivity contribution in [1.29, 1.82) is 0 Å². The van der Waals surface area contributed by atoms with E-state index >= 15 is 0 Å². The molecule has 2 rings (SSSR count). The molecular formula is C18H20N2O6S2. The Kier molecular flexibility index (Phi) is 7.44. The summed E-state index contributed by atoms with van der Waals surface area (Å²) in [5, 5.41) is 2.62. The first kappa shape index (κ1) is 21.7. The molecule has 0 radical (unpaired) electrons. The minimum Gasteiger partial charge on any atom is -0.456 e. The van der Waals surface area contributed by atoms with Crippen LogP contribution in [0.1, 0.15) is 28.4 Å².